The van der Waals surface area contributed by atoms with Crippen molar-refractivity contribution in [2.45, 2.75) is 6.36 Å². The lowest BCUT2D eigenvalue weighted by Crippen LogP contribution is -2.18. The Labute approximate surface area is 121 Å². The normalized spacial score (nSPS) is 11.2. The second kappa shape index (κ2) is 6.08. The topological polar surface area (TPSA) is 27.7 Å². The van der Waals surface area contributed by atoms with Crippen LogP contribution in [-0.2, 0) is 0 Å². The minimum Gasteiger partial charge on any atom is -0.497 e. The molecule has 0 atom stereocenters. The highest BCUT2D eigenvalue weighted by Gasteiger charge is 2.33. The van der Waals surface area contributed by atoms with Crippen molar-refractivity contribution in [3.8, 4) is 23.0 Å². The van der Waals surface area contributed by atoms with E-state index in [9.17, 15) is 22.0 Å². The van der Waals surface area contributed by atoms with Gasteiger partial charge in [-0.3, -0.25) is 0 Å². The van der Waals surface area contributed by atoms with Gasteiger partial charge in [-0.05, 0) is 24.3 Å². The molecule has 0 saturated heterocycles. The van der Waals surface area contributed by atoms with Crippen molar-refractivity contribution in [2.75, 3.05) is 7.11 Å². The monoisotopic (exact) mass is 320 g/mol. The van der Waals surface area contributed by atoms with Crippen LogP contribution in [0.1, 0.15) is 0 Å². The summed E-state index contributed by atoms with van der Waals surface area (Å²) in [7, 11) is 1.45. The third kappa shape index (κ3) is 4.00. The van der Waals surface area contributed by atoms with Crippen LogP contribution in [0, 0.1) is 11.6 Å². The predicted octanol–water partition coefficient (Wildman–Crippen LogP) is 4.66. The van der Waals surface area contributed by atoms with Gasteiger partial charge in [-0.1, -0.05) is 0 Å². The lowest BCUT2D eigenvalue weighted by atomic mass is 10.3. The van der Waals surface area contributed by atoms with Crippen molar-refractivity contribution >= 4 is 0 Å². The third-order valence-corrected chi connectivity index (χ3v) is 2.49. The summed E-state index contributed by atoms with van der Waals surface area (Å²) in [4.78, 5) is 0. The molecule has 0 amide bonds. The summed E-state index contributed by atoms with van der Waals surface area (Å²) in [5, 5.41) is 0. The molecule has 0 aliphatic carbocycles. The number of benzene rings is 2. The van der Waals surface area contributed by atoms with Crippen LogP contribution in [-0.4, -0.2) is 13.5 Å². The minimum atomic E-state index is -5.15. The van der Waals surface area contributed by atoms with E-state index in [1.54, 1.807) is 0 Å². The smallest absolute Gasteiger partial charge is 0.497 e. The van der Waals surface area contributed by atoms with E-state index in [0.29, 0.717) is 17.9 Å². The molecule has 0 fully saturated rings. The molecule has 0 aliphatic rings. The Hall–Kier alpha value is -2.51. The van der Waals surface area contributed by atoms with Gasteiger partial charge in [0, 0.05) is 12.1 Å². The van der Waals surface area contributed by atoms with Gasteiger partial charge in [0.1, 0.15) is 17.2 Å². The summed E-state index contributed by atoms with van der Waals surface area (Å²) in [5.74, 6) is -4.20. The van der Waals surface area contributed by atoms with Gasteiger partial charge in [0.05, 0.1) is 7.11 Å². The SMILES string of the molecule is COc1ccc(Oc2cc(F)c(F)c(OC(F)(F)F)c2)cc1. The Morgan fingerprint density at radius 1 is 0.864 bits per heavy atom. The Bertz CT molecular complexity index is 653. The number of hydrogen-bond donors (Lipinski definition) is 0. The number of methoxy groups -OCH3 is 1. The summed E-state index contributed by atoms with van der Waals surface area (Å²) < 4.78 is 76.5. The molecular weight excluding hydrogens is 311 g/mol. The molecule has 0 N–H and O–H groups in total. The third-order valence-electron chi connectivity index (χ3n) is 2.49. The average molecular weight is 320 g/mol. The maximum atomic E-state index is 13.3. The second-order valence-corrected chi connectivity index (χ2v) is 4.04. The molecule has 22 heavy (non-hydrogen) atoms. The Balaban J connectivity index is 2.27. The van der Waals surface area contributed by atoms with Crippen molar-refractivity contribution in [3.05, 3.63) is 48.0 Å². The van der Waals surface area contributed by atoms with Crippen molar-refractivity contribution in [1.29, 1.82) is 0 Å². The minimum absolute atomic E-state index is 0.199. The Kier molecular flexibility index (Phi) is 4.39. The van der Waals surface area contributed by atoms with Crippen LogP contribution >= 0.6 is 0 Å². The van der Waals surface area contributed by atoms with Crippen LogP contribution in [0.4, 0.5) is 22.0 Å². The number of alkyl halides is 3. The van der Waals surface area contributed by atoms with Crippen molar-refractivity contribution < 1.29 is 36.2 Å². The van der Waals surface area contributed by atoms with Gasteiger partial charge in [0.25, 0.3) is 0 Å². The first-order valence-corrected chi connectivity index (χ1v) is 5.85. The van der Waals surface area contributed by atoms with Crippen LogP contribution in [0.2, 0.25) is 0 Å². The molecule has 118 valence electrons. The number of halogens is 5. The average Bonchev–Trinajstić information content (AvgIpc) is 2.43. The first-order valence-electron chi connectivity index (χ1n) is 5.85. The first-order chi connectivity index (χ1) is 10.3. The maximum Gasteiger partial charge on any atom is 0.573 e. The zero-order chi connectivity index (χ0) is 16.3. The summed E-state index contributed by atoms with van der Waals surface area (Å²) in [6.45, 7) is 0. The lowest BCUT2D eigenvalue weighted by Gasteiger charge is -2.12. The van der Waals surface area contributed by atoms with E-state index < -0.39 is 23.7 Å². The van der Waals surface area contributed by atoms with Crippen molar-refractivity contribution in [3.63, 3.8) is 0 Å². The molecule has 0 radical (unpaired) electrons. The highest BCUT2D eigenvalue weighted by atomic mass is 19.4. The molecule has 8 heteroatoms. The molecule has 0 bridgehead atoms. The van der Waals surface area contributed by atoms with E-state index in [0.717, 1.165) is 0 Å². The van der Waals surface area contributed by atoms with E-state index in [2.05, 4.69) is 4.74 Å². The number of hydrogen-bond acceptors (Lipinski definition) is 3. The fourth-order valence-corrected chi connectivity index (χ4v) is 1.58. The molecular formula is C14H9F5O3. The summed E-state index contributed by atoms with van der Waals surface area (Å²) in [6.07, 6.45) is -5.15. The van der Waals surface area contributed by atoms with E-state index in [4.69, 9.17) is 9.47 Å². The van der Waals surface area contributed by atoms with Crippen molar-refractivity contribution in [2.24, 2.45) is 0 Å². The first kappa shape index (κ1) is 15.9. The van der Waals surface area contributed by atoms with Gasteiger partial charge < -0.3 is 14.2 Å². The summed E-state index contributed by atoms with van der Waals surface area (Å²) in [6, 6.07) is 7.18. The standard InChI is InChI=1S/C14H9F5O3/c1-20-8-2-4-9(5-3-8)21-10-6-11(15)13(16)12(7-10)22-14(17,18)19/h2-7H,1H3. The largest absolute Gasteiger partial charge is 0.573 e. The molecule has 3 nitrogen and oxygen atoms in total. The van der Waals surface area contributed by atoms with E-state index >= 15 is 0 Å². The molecule has 0 unspecified atom stereocenters. The molecule has 0 spiro atoms. The zero-order valence-corrected chi connectivity index (χ0v) is 11.1. The van der Waals surface area contributed by atoms with Gasteiger partial charge in [-0.2, -0.15) is 4.39 Å². The molecule has 2 rings (SSSR count). The zero-order valence-electron chi connectivity index (χ0n) is 11.1. The van der Waals surface area contributed by atoms with Gasteiger partial charge in [0.15, 0.2) is 11.6 Å². The fraction of sp³-hybridized carbons (Fsp3) is 0.143. The molecule has 0 aliphatic heterocycles. The van der Waals surface area contributed by atoms with Gasteiger partial charge in [0.2, 0.25) is 5.82 Å². The summed E-state index contributed by atoms with van der Waals surface area (Å²) >= 11 is 0. The molecule has 0 saturated carbocycles. The molecule has 2 aromatic carbocycles. The maximum absolute atomic E-state index is 13.3. The highest BCUT2D eigenvalue weighted by molar-refractivity contribution is 5.40. The van der Waals surface area contributed by atoms with Gasteiger partial charge in [-0.15, -0.1) is 13.2 Å². The quantitative estimate of drug-likeness (QED) is 0.767. The van der Waals surface area contributed by atoms with Gasteiger partial charge in [-0.25, -0.2) is 4.39 Å². The predicted molar refractivity (Wildman–Crippen MR) is 66.1 cm³/mol. The van der Waals surface area contributed by atoms with E-state index in [1.165, 1.54) is 31.4 Å². The van der Waals surface area contributed by atoms with E-state index in [-0.39, 0.29) is 11.5 Å². The van der Waals surface area contributed by atoms with Crippen LogP contribution in [0.25, 0.3) is 0 Å². The Morgan fingerprint density at radius 2 is 1.45 bits per heavy atom. The van der Waals surface area contributed by atoms with Crippen LogP contribution < -0.4 is 14.2 Å². The van der Waals surface area contributed by atoms with Crippen LogP contribution in [0.5, 0.6) is 23.0 Å². The summed E-state index contributed by atoms with van der Waals surface area (Å²) in [5.41, 5.74) is 0. The highest BCUT2D eigenvalue weighted by Crippen LogP contribution is 2.33. The van der Waals surface area contributed by atoms with E-state index in [1.807, 2.05) is 0 Å². The van der Waals surface area contributed by atoms with Crippen LogP contribution in [0.3, 0.4) is 0 Å². The van der Waals surface area contributed by atoms with Crippen LogP contribution in [0.15, 0.2) is 36.4 Å². The fourth-order valence-electron chi connectivity index (χ4n) is 1.58. The second-order valence-electron chi connectivity index (χ2n) is 4.04. The molecule has 0 aromatic heterocycles. The molecule has 0 heterocycles. The number of ether oxygens (including phenoxy) is 3. The van der Waals surface area contributed by atoms with Crippen molar-refractivity contribution in [1.82, 2.24) is 0 Å². The molecule has 2 aromatic rings. The number of rotatable bonds is 4. The Morgan fingerprint density at radius 3 is 2.00 bits per heavy atom. The lowest BCUT2D eigenvalue weighted by molar-refractivity contribution is -0.275. The van der Waals surface area contributed by atoms with Gasteiger partial charge >= 0.3 is 6.36 Å².